The van der Waals surface area contributed by atoms with Crippen molar-refractivity contribution in [3.05, 3.63) is 170 Å². The molecule has 0 saturated carbocycles. The van der Waals surface area contributed by atoms with E-state index >= 15 is 0 Å². The Morgan fingerprint density at radius 2 is 1.44 bits per heavy atom. The summed E-state index contributed by atoms with van der Waals surface area (Å²) < 4.78 is 10.4. The minimum atomic E-state index is -1.77. The topological polar surface area (TPSA) is 145 Å². The van der Waals surface area contributed by atoms with E-state index in [1.54, 1.807) is 17.5 Å². The molecule has 0 radical (unpaired) electrons. The van der Waals surface area contributed by atoms with Gasteiger partial charge in [-0.25, -0.2) is 4.79 Å². The summed E-state index contributed by atoms with van der Waals surface area (Å²) in [6.07, 6.45) is -0.828. The Morgan fingerprint density at radius 3 is 2.02 bits per heavy atom. The summed E-state index contributed by atoms with van der Waals surface area (Å²) in [7, 11) is 0. The van der Waals surface area contributed by atoms with Crippen molar-refractivity contribution in [1.82, 2.24) is 10.2 Å². The standard InChI is InChI=1S/C39H31N3O8S2/c43-31(23-25-11-4-1-5-12-25)40-32-35(44)41-34(37(45)50-33(27-13-6-2-7-14-27)28-15-8-3-9-16-28)39(52-36(32)41,30-17-10-22-51-30)38(46)49-24-26-18-20-29(21-19-26)42(47)48/h1-22,32-34,36H,23-24H2,(H,40,43)/t32-,34+,36-,39?/m1/s1. The predicted octanol–water partition coefficient (Wildman–Crippen LogP) is 5.94. The van der Waals surface area contributed by atoms with Crippen molar-refractivity contribution in [1.29, 1.82) is 0 Å². The maximum Gasteiger partial charge on any atom is 0.332 e. The molecule has 2 fully saturated rings. The third-order valence-corrected chi connectivity index (χ3v) is 11.8. The van der Waals surface area contributed by atoms with Gasteiger partial charge >= 0.3 is 11.9 Å². The molecule has 4 aromatic carbocycles. The maximum atomic E-state index is 14.7. The van der Waals surface area contributed by atoms with Crippen LogP contribution in [0, 0.1) is 10.1 Å². The lowest BCUT2D eigenvalue weighted by molar-refractivity contribution is -0.384. The first kappa shape index (κ1) is 34.6. The molecule has 11 nitrogen and oxygen atoms in total. The van der Waals surface area contributed by atoms with Crippen LogP contribution in [0.5, 0.6) is 0 Å². The second kappa shape index (κ2) is 14.8. The summed E-state index contributed by atoms with van der Waals surface area (Å²) in [5, 5.41) is 15.0. The van der Waals surface area contributed by atoms with Gasteiger partial charge < -0.3 is 19.7 Å². The highest BCUT2D eigenvalue weighted by Crippen LogP contribution is 2.58. The lowest BCUT2D eigenvalue weighted by Crippen LogP contribution is -2.71. The van der Waals surface area contributed by atoms with Crippen LogP contribution in [0.25, 0.3) is 0 Å². The van der Waals surface area contributed by atoms with Crippen LogP contribution < -0.4 is 5.32 Å². The zero-order valence-corrected chi connectivity index (χ0v) is 29.0. The molecule has 2 amide bonds. The molecule has 2 aliphatic heterocycles. The minimum Gasteiger partial charge on any atom is -0.459 e. The highest BCUT2D eigenvalue weighted by Gasteiger charge is 2.72. The van der Waals surface area contributed by atoms with Crippen LogP contribution in [0.2, 0.25) is 0 Å². The van der Waals surface area contributed by atoms with Gasteiger partial charge in [-0.3, -0.25) is 24.5 Å². The largest absolute Gasteiger partial charge is 0.459 e. The van der Waals surface area contributed by atoms with Crippen molar-refractivity contribution in [2.24, 2.45) is 0 Å². The van der Waals surface area contributed by atoms with Crippen LogP contribution in [-0.4, -0.2) is 51.0 Å². The van der Waals surface area contributed by atoms with Crippen LogP contribution >= 0.6 is 23.1 Å². The average molecular weight is 734 g/mol. The number of thiophene rings is 1. The zero-order valence-electron chi connectivity index (χ0n) is 27.4. The quantitative estimate of drug-likeness (QED) is 0.0713. The number of rotatable bonds is 12. The summed E-state index contributed by atoms with van der Waals surface area (Å²) in [6, 6.07) is 34.0. The summed E-state index contributed by atoms with van der Waals surface area (Å²) in [4.78, 5) is 68.9. The molecule has 0 bridgehead atoms. The van der Waals surface area contributed by atoms with Crippen LogP contribution in [0.1, 0.15) is 33.2 Å². The number of hydrogen-bond acceptors (Lipinski definition) is 10. The van der Waals surface area contributed by atoms with E-state index in [9.17, 15) is 29.3 Å². The van der Waals surface area contributed by atoms with Crippen molar-refractivity contribution < 1.29 is 33.6 Å². The van der Waals surface area contributed by atoms with E-state index in [0.29, 0.717) is 21.6 Å². The smallest absolute Gasteiger partial charge is 0.332 e. The van der Waals surface area contributed by atoms with Gasteiger partial charge in [0.15, 0.2) is 16.9 Å². The monoisotopic (exact) mass is 733 g/mol. The number of esters is 2. The molecule has 1 unspecified atom stereocenters. The lowest BCUT2D eigenvalue weighted by Gasteiger charge is -2.44. The fourth-order valence-electron chi connectivity index (χ4n) is 6.43. The van der Waals surface area contributed by atoms with Gasteiger partial charge in [0.2, 0.25) is 11.8 Å². The van der Waals surface area contributed by atoms with Gasteiger partial charge in [-0.1, -0.05) is 97.1 Å². The second-order valence-corrected chi connectivity index (χ2v) is 14.5. The van der Waals surface area contributed by atoms with E-state index in [1.165, 1.54) is 40.5 Å². The molecule has 0 spiro atoms. The highest BCUT2D eigenvalue weighted by atomic mass is 32.2. The molecule has 1 N–H and O–H groups in total. The summed E-state index contributed by atoms with van der Waals surface area (Å²) >= 11 is 2.29. The van der Waals surface area contributed by atoms with Gasteiger partial charge in [-0.05, 0) is 45.8 Å². The summed E-state index contributed by atoms with van der Waals surface area (Å²) in [5.41, 5.74) is 2.51. The van der Waals surface area contributed by atoms with Crippen LogP contribution in [0.4, 0.5) is 5.69 Å². The molecule has 2 saturated heterocycles. The fourth-order valence-corrected chi connectivity index (χ4v) is 9.27. The zero-order chi connectivity index (χ0) is 36.2. The number of nitrogens with zero attached hydrogens (tertiary/aromatic N) is 2. The van der Waals surface area contributed by atoms with E-state index in [0.717, 1.165) is 17.3 Å². The Labute approximate surface area is 306 Å². The molecule has 52 heavy (non-hydrogen) atoms. The number of hydrogen-bond donors (Lipinski definition) is 1. The number of benzene rings is 4. The van der Waals surface area contributed by atoms with E-state index in [4.69, 9.17) is 9.47 Å². The number of nitro benzene ring substituents is 1. The second-order valence-electron chi connectivity index (χ2n) is 12.2. The van der Waals surface area contributed by atoms with Gasteiger partial charge in [0, 0.05) is 17.0 Å². The van der Waals surface area contributed by atoms with E-state index in [1.807, 2.05) is 91.0 Å². The average Bonchev–Trinajstić information content (AvgIpc) is 3.83. The number of nitrogens with one attached hydrogen (secondary N) is 1. The first-order chi connectivity index (χ1) is 25.3. The van der Waals surface area contributed by atoms with Gasteiger partial charge in [0.05, 0.1) is 11.3 Å². The maximum absolute atomic E-state index is 14.7. The number of fused-ring (bicyclic) bond motifs is 1. The van der Waals surface area contributed by atoms with E-state index < -0.39 is 51.1 Å². The lowest BCUT2D eigenvalue weighted by atomic mass is 9.91. The van der Waals surface area contributed by atoms with Crippen LogP contribution in [0.15, 0.2) is 133 Å². The summed E-state index contributed by atoms with van der Waals surface area (Å²) in [5.74, 6) is -2.53. The Kier molecular flexibility index (Phi) is 9.88. The highest BCUT2D eigenvalue weighted by molar-refractivity contribution is 8.02. The molecule has 5 aromatic rings. The number of β-lactam (4-membered cyclic amide) rings is 1. The van der Waals surface area contributed by atoms with Crippen molar-refractivity contribution in [3.8, 4) is 0 Å². The molecule has 13 heteroatoms. The normalized spacial score (nSPS) is 20.4. The number of carbonyl (C=O) groups excluding carboxylic acids is 4. The molecule has 1 aromatic heterocycles. The molecule has 3 heterocycles. The van der Waals surface area contributed by atoms with Crippen LogP contribution in [0.3, 0.4) is 0 Å². The number of nitro groups is 1. The van der Waals surface area contributed by atoms with Crippen LogP contribution in [-0.2, 0) is 46.4 Å². The molecule has 4 atom stereocenters. The van der Waals surface area contributed by atoms with Gasteiger partial charge in [0.1, 0.15) is 18.0 Å². The Balaban J connectivity index is 1.24. The van der Waals surface area contributed by atoms with Crippen molar-refractivity contribution in [3.63, 3.8) is 0 Å². The molecule has 7 rings (SSSR count). The molecular weight excluding hydrogens is 703 g/mol. The van der Waals surface area contributed by atoms with Crippen molar-refractivity contribution in [2.45, 2.75) is 41.3 Å². The predicted molar refractivity (Wildman–Crippen MR) is 194 cm³/mol. The van der Waals surface area contributed by atoms with Crippen molar-refractivity contribution in [2.75, 3.05) is 0 Å². The number of thioether (sulfide) groups is 1. The Morgan fingerprint density at radius 1 is 0.827 bits per heavy atom. The minimum absolute atomic E-state index is 0.0383. The first-order valence-electron chi connectivity index (χ1n) is 16.3. The number of ether oxygens (including phenoxy) is 2. The van der Waals surface area contributed by atoms with Gasteiger partial charge in [-0.2, -0.15) is 0 Å². The van der Waals surface area contributed by atoms with Crippen molar-refractivity contribution >= 4 is 52.5 Å². The fraction of sp³-hybridized carbons (Fsp3) is 0.179. The Bertz CT molecular complexity index is 2040. The third kappa shape index (κ3) is 6.67. The number of non-ortho nitro benzene ring substituents is 1. The molecule has 0 aliphatic carbocycles. The Hall–Kier alpha value is -5.79. The van der Waals surface area contributed by atoms with E-state index in [-0.39, 0.29) is 24.6 Å². The molecular formula is C39H31N3O8S2. The SMILES string of the molecule is O=C(Cc1ccccc1)N[C@@H]1C(=O)N2[C@@H]1SC(C(=O)OCc1ccc([N+](=O)[O-])cc1)(c1cccs1)[C@@H]2C(=O)OC(c1ccccc1)c1ccccc1. The summed E-state index contributed by atoms with van der Waals surface area (Å²) in [6.45, 7) is -0.251. The van der Waals surface area contributed by atoms with E-state index in [2.05, 4.69) is 5.32 Å². The van der Waals surface area contributed by atoms with Gasteiger partial charge in [-0.15, -0.1) is 23.1 Å². The molecule has 262 valence electrons. The number of amides is 2. The third-order valence-electron chi connectivity index (χ3n) is 8.94. The van der Waals surface area contributed by atoms with Gasteiger partial charge in [0.25, 0.3) is 5.69 Å². The number of carbonyl (C=O) groups is 4. The molecule has 2 aliphatic rings. The first-order valence-corrected chi connectivity index (χ1v) is 18.1.